The molecule has 0 fully saturated rings. The lowest BCUT2D eigenvalue weighted by Crippen LogP contribution is -2.15. The van der Waals surface area contributed by atoms with Crippen LogP contribution in [0.1, 0.15) is 25.0 Å². The van der Waals surface area contributed by atoms with Crippen LogP contribution >= 0.6 is 0 Å². The van der Waals surface area contributed by atoms with Crippen molar-refractivity contribution >= 4 is 49.4 Å². The number of rotatable bonds is 5. The van der Waals surface area contributed by atoms with Crippen molar-refractivity contribution in [3.05, 3.63) is 199 Å². The first-order valence-electron chi connectivity index (χ1n) is 18.2. The largest absolute Gasteiger partial charge is 0.310 e. The van der Waals surface area contributed by atoms with Gasteiger partial charge in [-0.05, 0) is 114 Å². The fourth-order valence-electron chi connectivity index (χ4n) is 8.76. The van der Waals surface area contributed by atoms with Crippen LogP contribution in [-0.2, 0) is 5.41 Å². The van der Waals surface area contributed by atoms with Crippen molar-refractivity contribution in [3.8, 4) is 33.4 Å². The molecule has 1 nitrogen and oxygen atoms in total. The van der Waals surface area contributed by atoms with E-state index in [4.69, 9.17) is 0 Å². The van der Waals surface area contributed by atoms with Crippen molar-refractivity contribution in [3.63, 3.8) is 0 Å². The molecule has 10 rings (SSSR count). The van der Waals surface area contributed by atoms with Crippen LogP contribution in [0.5, 0.6) is 0 Å². The standard InChI is InChI=1S/C51H37N/c1-51(2)47-23-13-12-22-45(47)49-46(33-38-16-8-9-19-41(38)50(49)51)43-30-31-48(44-21-11-10-20-42(43)44)52(39-17-4-3-5-18-39)40-28-26-35(27-29-40)37-25-24-34-14-6-7-15-36(34)32-37/h3-33H,1-2H3. The van der Waals surface area contributed by atoms with Gasteiger partial charge in [-0.1, -0.05) is 159 Å². The SMILES string of the molecule is CC1(C)c2ccccc2-c2c(-c3ccc(N(c4ccccc4)c4ccc(-c5ccc6ccccc6c5)cc4)c4ccccc34)cc3ccccc3c21. The molecule has 9 aromatic carbocycles. The van der Waals surface area contributed by atoms with Gasteiger partial charge in [-0.3, -0.25) is 0 Å². The van der Waals surface area contributed by atoms with Crippen molar-refractivity contribution < 1.29 is 0 Å². The van der Waals surface area contributed by atoms with E-state index in [1.54, 1.807) is 0 Å². The smallest absolute Gasteiger partial charge is 0.0540 e. The zero-order valence-electron chi connectivity index (χ0n) is 29.3. The summed E-state index contributed by atoms with van der Waals surface area (Å²) in [5.74, 6) is 0. The topological polar surface area (TPSA) is 3.24 Å². The Morgan fingerprint density at radius 3 is 1.81 bits per heavy atom. The summed E-state index contributed by atoms with van der Waals surface area (Å²) in [4.78, 5) is 2.40. The normalized spacial score (nSPS) is 13.0. The summed E-state index contributed by atoms with van der Waals surface area (Å²) in [5.41, 5.74) is 13.8. The zero-order chi connectivity index (χ0) is 34.8. The van der Waals surface area contributed by atoms with Crippen LogP contribution in [0.3, 0.4) is 0 Å². The van der Waals surface area contributed by atoms with Crippen LogP contribution in [-0.4, -0.2) is 0 Å². The maximum atomic E-state index is 2.42. The number of nitrogens with zero attached hydrogens (tertiary/aromatic N) is 1. The van der Waals surface area contributed by atoms with Gasteiger partial charge >= 0.3 is 0 Å². The maximum absolute atomic E-state index is 2.42. The summed E-state index contributed by atoms with van der Waals surface area (Å²) < 4.78 is 0. The molecule has 0 saturated carbocycles. The Morgan fingerprint density at radius 2 is 1.00 bits per heavy atom. The molecule has 9 aromatic rings. The zero-order valence-corrected chi connectivity index (χ0v) is 29.3. The van der Waals surface area contributed by atoms with Gasteiger partial charge in [-0.2, -0.15) is 0 Å². The lowest BCUT2D eigenvalue weighted by Gasteiger charge is -2.28. The summed E-state index contributed by atoms with van der Waals surface area (Å²) in [6.45, 7) is 4.77. The third-order valence-corrected chi connectivity index (χ3v) is 11.2. The second-order valence-corrected chi connectivity index (χ2v) is 14.5. The average Bonchev–Trinajstić information content (AvgIpc) is 3.45. The molecule has 0 N–H and O–H groups in total. The Hall–Kier alpha value is -6.44. The van der Waals surface area contributed by atoms with Crippen molar-refractivity contribution in [1.82, 2.24) is 0 Å². The van der Waals surface area contributed by atoms with E-state index in [2.05, 4.69) is 207 Å². The third kappa shape index (κ3) is 4.70. The average molecular weight is 664 g/mol. The Morgan fingerprint density at radius 1 is 0.385 bits per heavy atom. The highest BCUT2D eigenvalue weighted by atomic mass is 15.1. The van der Waals surface area contributed by atoms with Crippen molar-refractivity contribution in [2.24, 2.45) is 0 Å². The molecule has 1 aliphatic rings. The molecule has 1 aliphatic carbocycles. The minimum absolute atomic E-state index is 0.111. The molecule has 0 aliphatic heterocycles. The minimum Gasteiger partial charge on any atom is -0.310 e. The lowest BCUT2D eigenvalue weighted by atomic mass is 9.79. The highest BCUT2D eigenvalue weighted by molar-refractivity contribution is 6.12. The molecule has 0 bridgehead atoms. The van der Waals surface area contributed by atoms with E-state index in [1.165, 1.54) is 76.8 Å². The second kappa shape index (κ2) is 11.8. The molecule has 0 amide bonds. The van der Waals surface area contributed by atoms with Crippen LogP contribution in [0.4, 0.5) is 17.1 Å². The number of para-hydroxylation sites is 1. The summed E-state index contributed by atoms with van der Waals surface area (Å²) in [6.07, 6.45) is 0. The Labute approximate surface area is 305 Å². The van der Waals surface area contributed by atoms with E-state index in [9.17, 15) is 0 Å². The van der Waals surface area contributed by atoms with Gasteiger partial charge < -0.3 is 4.90 Å². The first-order valence-corrected chi connectivity index (χ1v) is 18.2. The highest BCUT2D eigenvalue weighted by Crippen LogP contribution is 2.55. The number of fused-ring (bicyclic) bond motifs is 7. The molecule has 0 saturated heterocycles. The van der Waals surface area contributed by atoms with Gasteiger partial charge in [-0.15, -0.1) is 0 Å². The summed E-state index contributed by atoms with van der Waals surface area (Å²) >= 11 is 0. The van der Waals surface area contributed by atoms with Gasteiger partial charge in [0.15, 0.2) is 0 Å². The fourth-order valence-corrected chi connectivity index (χ4v) is 8.76. The van der Waals surface area contributed by atoms with Crippen LogP contribution < -0.4 is 4.90 Å². The van der Waals surface area contributed by atoms with E-state index in [1.807, 2.05) is 0 Å². The highest BCUT2D eigenvalue weighted by Gasteiger charge is 2.38. The molecular formula is C51H37N. The molecule has 0 aromatic heterocycles. The monoisotopic (exact) mass is 663 g/mol. The molecule has 1 heteroatoms. The van der Waals surface area contributed by atoms with E-state index in [0.29, 0.717) is 0 Å². The van der Waals surface area contributed by atoms with E-state index in [0.717, 1.165) is 17.1 Å². The van der Waals surface area contributed by atoms with Gasteiger partial charge in [0.25, 0.3) is 0 Å². The Kier molecular flexibility index (Phi) is 6.91. The van der Waals surface area contributed by atoms with Gasteiger partial charge in [0, 0.05) is 22.2 Å². The van der Waals surface area contributed by atoms with Gasteiger partial charge in [-0.25, -0.2) is 0 Å². The lowest BCUT2D eigenvalue weighted by molar-refractivity contribution is 0.666. The predicted molar refractivity (Wildman–Crippen MR) is 222 cm³/mol. The first kappa shape index (κ1) is 30.4. The molecule has 0 unspecified atom stereocenters. The second-order valence-electron chi connectivity index (χ2n) is 14.5. The summed E-state index contributed by atoms with van der Waals surface area (Å²) in [6, 6.07) is 69.0. The molecule has 0 heterocycles. The molecule has 0 atom stereocenters. The van der Waals surface area contributed by atoms with E-state index >= 15 is 0 Å². The number of hydrogen-bond acceptors (Lipinski definition) is 1. The molecular weight excluding hydrogens is 627 g/mol. The van der Waals surface area contributed by atoms with Crippen LogP contribution in [0.15, 0.2) is 188 Å². The predicted octanol–water partition coefficient (Wildman–Crippen LogP) is 14.3. The van der Waals surface area contributed by atoms with Crippen LogP contribution in [0.2, 0.25) is 0 Å². The van der Waals surface area contributed by atoms with E-state index in [-0.39, 0.29) is 5.41 Å². The third-order valence-electron chi connectivity index (χ3n) is 11.2. The Balaban J connectivity index is 1.16. The quantitative estimate of drug-likeness (QED) is 0.177. The molecule has 246 valence electrons. The van der Waals surface area contributed by atoms with Crippen molar-refractivity contribution in [1.29, 1.82) is 0 Å². The molecule has 0 radical (unpaired) electrons. The molecule has 0 spiro atoms. The number of benzene rings is 9. The van der Waals surface area contributed by atoms with Gasteiger partial charge in [0.2, 0.25) is 0 Å². The Bertz CT molecular complexity index is 2810. The van der Waals surface area contributed by atoms with Gasteiger partial charge in [0.05, 0.1) is 5.69 Å². The van der Waals surface area contributed by atoms with Crippen LogP contribution in [0, 0.1) is 0 Å². The number of anilines is 3. The summed E-state index contributed by atoms with van der Waals surface area (Å²) in [7, 11) is 0. The van der Waals surface area contributed by atoms with Gasteiger partial charge in [0.1, 0.15) is 0 Å². The van der Waals surface area contributed by atoms with Crippen molar-refractivity contribution in [2.75, 3.05) is 4.90 Å². The first-order chi connectivity index (χ1) is 25.6. The van der Waals surface area contributed by atoms with Crippen LogP contribution in [0.25, 0.3) is 65.7 Å². The van der Waals surface area contributed by atoms with E-state index < -0.39 is 0 Å². The molecule has 52 heavy (non-hydrogen) atoms. The summed E-state index contributed by atoms with van der Waals surface area (Å²) in [5, 5.41) is 7.59. The number of hydrogen-bond donors (Lipinski definition) is 0. The minimum atomic E-state index is -0.111. The maximum Gasteiger partial charge on any atom is 0.0540 e. The fraction of sp³-hybridized carbons (Fsp3) is 0.0588. The van der Waals surface area contributed by atoms with Crippen molar-refractivity contribution in [2.45, 2.75) is 19.3 Å².